The van der Waals surface area contributed by atoms with Gasteiger partial charge in [-0.25, -0.2) is 9.97 Å². The summed E-state index contributed by atoms with van der Waals surface area (Å²) in [5.41, 5.74) is 5.54. The van der Waals surface area contributed by atoms with Gasteiger partial charge < -0.3 is 14.8 Å². The lowest BCUT2D eigenvalue weighted by atomic mass is 9.89. The van der Waals surface area contributed by atoms with E-state index in [-0.39, 0.29) is 23.6 Å². The van der Waals surface area contributed by atoms with E-state index in [4.69, 9.17) is 0 Å². The van der Waals surface area contributed by atoms with Crippen LogP contribution < -0.4 is 15.8 Å². The number of rotatable bonds is 9. The van der Waals surface area contributed by atoms with E-state index in [2.05, 4.69) is 36.5 Å². The van der Waals surface area contributed by atoms with Gasteiger partial charge in [-0.2, -0.15) is 10.4 Å². The molecule has 2 N–H and O–H groups in total. The molecule has 1 fully saturated rings. The van der Waals surface area contributed by atoms with E-state index in [1.165, 1.54) is 10.8 Å². The normalized spacial score (nSPS) is 16.0. The minimum atomic E-state index is -0.106. The van der Waals surface area contributed by atoms with Crippen LogP contribution in [0.4, 0.5) is 11.6 Å². The summed E-state index contributed by atoms with van der Waals surface area (Å²) in [6.45, 7) is 1.87. The van der Waals surface area contributed by atoms with Crippen molar-refractivity contribution in [2.75, 3.05) is 10.2 Å². The largest absolute Gasteiger partial charge is 0.351 e. The van der Waals surface area contributed by atoms with Crippen molar-refractivity contribution in [3.8, 4) is 28.7 Å². The molecule has 0 radical (unpaired) electrons. The van der Waals surface area contributed by atoms with E-state index in [0.29, 0.717) is 41.4 Å². The van der Waals surface area contributed by atoms with E-state index >= 15 is 0 Å². The molecule has 6 rings (SSSR count). The molecular weight excluding hydrogens is 578 g/mol. The fourth-order valence-electron chi connectivity index (χ4n) is 5.92. The number of aryl methyl sites for hydroxylation is 3. The monoisotopic (exact) mass is 613 g/mol. The minimum Gasteiger partial charge on any atom is -0.351 e. The van der Waals surface area contributed by atoms with Gasteiger partial charge >= 0.3 is 0 Å². The highest BCUT2D eigenvalue weighted by Crippen LogP contribution is 2.31. The lowest BCUT2D eigenvalue weighted by molar-refractivity contribution is -0.119. The smallest absolute Gasteiger partial charge is 0.250 e. The predicted octanol–water partition coefficient (Wildman–Crippen LogP) is 5.20. The topological polar surface area (TPSA) is 145 Å². The number of pyridine rings is 2. The Morgan fingerprint density at radius 3 is 2.54 bits per heavy atom. The molecule has 0 spiro atoms. The Balaban J connectivity index is 1.18. The number of carbonyl (C=O) groups excluding carboxylic acids is 1. The summed E-state index contributed by atoms with van der Waals surface area (Å²) in [6, 6.07) is 21.4. The Morgan fingerprint density at radius 1 is 1.07 bits per heavy atom. The van der Waals surface area contributed by atoms with Crippen molar-refractivity contribution in [1.82, 2.24) is 29.7 Å². The molecular formula is C35H35N9O2. The summed E-state index contributed by atoms with van der Waals surface area (Å²) >= 11 is 0. The predicted molar refractivity (Wildman–Crippen MR) is 176 cm³/mol. The summed E-state index contributed by atoms with van der Waals surface area (Å²) in [5, 5.41) is 20.1. The number of aromatic nitrogens is 6. The first kappa shape index (κ1) is 30.4. The van der Waals surface area contributed by atoms with Crippen molar-refractivity contribution in [3.05, 3.63) is 106 Å². The molecule has 1 saturated carbocycles. The van der Waals surface area contributed by atoms with Crippen molar-refractivity contribution in [1.29, 1.82) is 5.26 Å². The third kappa shape index (κ3) is 6.86. The number of amides is 1. The first-order valence-corrected chi connectivity index (χ1v) is 15.4. The lowest BCUT2D eigenvalue weighted by Gasteiger charge is -2.37. The molecule has 5 aromatic rings. The van der Waals surface area contributed by atoms with Crippen molar-refractivity contribution >= 4 is 17.5 Å². The highest BCUT2D eigenvalue weighted by molar-refractivity contribution is 5.94. The van der Waals surface area contributed by atoms with Gasteiger partial charge in [-0.1, -0.05) is 30.3 Å². The van der Waals surface area contributed by atoms with Crippen molar-refractivity contribution in [3.63, 3.8) is 0 Å². The van der Waals surface area contributed by atoms with Crippen LogP contribution in [0.3, 0.4) is 0 Å². The van der Waals surface area contributed by atoms with Gasteiger partial charge in [0.05, 0.1) is 40.7 Å². The second-order valence-electron chi connectivity index (χ2n) is 11.7. The number of nitrogens with zero attached hydrogens (tertiary/aromatic N) is 7. The van der Waals surface area contributed by atoms with Crippen LogP contribution in [-0.4, -0.2) is 47.7 Å². The summed E-state index contributed by atoms with van der Waals surface area (Å²) in [6.07, 6.45) is 9.23. The lowest BCUT2D eigenvalue weighted by Crippen LogP contribution is -2.44. The van der Waals surface area contributed by atoms with Gasteiger partial charge in [-0.15, -0.1) is 0 Å². The molecule has 0 unspecified atom stereocenters. The molecule has 1 aliphatic carbocycles. The average molecular weight is 614 g/mol. The van der Waals surface area contributed by atoms with E-state index in [1.807, 2.05) is 66.4 Å². The Labute approximate surface area is 267 Å². The molecule has 0 bridgehead atoms. The van der Waals surface area contributed by atoms with Crippen LogP contribution in [0.15, 0.2) is 84.0 Å². The Kier molecular flexibility index (Phi) is 8.96. The maximum atomic E-state index is 13.8. The van der Waals surface area contributed by atoms with Gasteiger partial charge in [-0.3, -0.25) is 19.7 Å². The molecule has 4 heterocycles. The van der Waals surface area contributed by atoms with Gasteiger partial charge in [-0.05, 0) is 68.9 Å². The number of anilines is 2. The van der Waals surface area contributed by atoms with Crippen LogP contribution >= 0.6 is 0 Å². The van der Waals surface area contributed by atoms with Crippen LogP contribution in [0.5, 0.6) is 0 Å². The zero-order valence-electron chi connectivity index (χ0n) is 25.8. The van der Waals surface area contributed by atoms with Crippen LogP contribution in [0.25, 0.3) is 22.6 Å². The molecule has 11 heteroatoms. The molecule has 11 nitrogen and oxygen atoms in total. The van der Waals surface area contributed by atoms with Gasteiger partial charge in [0.2, 0.25) is 11.9 Å². The van der Waals surface area contributed by atoms with Crippen LogP contribution in [0.1, 0.15) is 48.9 Å². The molecule has 1 aromatic carbocycles. The maximum absolute atomic E-state index is 13.8. The van der Waals surface area contributed by atoms with Gasteiger partial charge in [0.15, 0.2) is 0 Å². The molecule has 0 aliphatic heterocycles. The molecule has 232 valence electrons. The van der Waals surface area contributed by atoms with E-state index < -0.39 is 0 Å². The first-order valence-electron chi connectivity index (χ1n) is 15.4. The molecule has 1 amide bonds. The summed E-state index contributed by atoms with van der Waals surface area (Å²) in [5.74, 6) is 0.509. The second kappa shape index (κ2) is 13.6. The Hall–Kier alpha value is -5.63. The molecule has 0 saturated heterocycles. The maximum Gasteiger partial charge on any atom is 0.250 e. The average Bonchev–Trinajstić information content (AvgIpc) is 3.52. The number of nitriles is 1. The Morgan fingerprint density at radius 2 is 1.87 bits per heavy atom. The minimum absolute atomic E-state index is 0.00315. The number of hydrogen-bond acceptors (Lipinski definition) is 8. The number of H-pyrrole nitrogens is 1. The second-order valence-corrected chi connectivity index (χ2v) is 11.7. The molecule has 0 atom stereocenters. The quantitative estimate of drug-likeness (QED) is 0.231. The highest BCUT2D eigenvalue weighted by Gasteiger charge is 2.30. The summed E-state index contributed by atoms with van der Waals surface area (Å²) in [7, 11) is 1.71. The van der Waals surface area contributed by atoms with Crippen molar-refractivity contribution in [2.24, 2.45) is 7.05 Å². The fraction of sp³-hybridized carbons (Fsp3) is 0.286. The number of hydrogen-bond donors (Lipinski definition) is 2. The van der Waals surface area contributed by atoms with E-state index in [9.17, 15) is 14.9 Å². The SMILES string of the molecule is Cc1cc(-c2nc(N[C@H]3CC[C@H](N(C(=O)CCc4ccccc4)c4ccc(-c5ccn(C)c(=O)c5)nc4)CC3)ncc2C#N)[nH]n1. The standard InChI is InChI=1S/C35H35N9O2/c1-23-18-31(42-41-23)34-26(20-36)21-38-35(40-34)39-27-9-11-28(12-10-27)44(32(45)15-8-24-6-4-3-5-7-24)29-13-14-30(37-22-29)25-16-17-43(2)33(46)19-25/h3-7,13-14,16-19,21-22,27-28H,8-12,15H2,1-2H3,(H,41,42)(H,38,39,40)/t27-,28-. The van der Waals surface area contributed by atoms with Gasteiger partial charge in [0.25, 0.3) is 5.56 Å². The Bertz CT molecular complexity index is 1920. The first-order chi connectivity index (χ1) is 22.4. The zero-order valence-corrected chi connectivity index (χ0v) is 25.8. The summed E-state index contributed by atoms with van der Waals surface area (Å²) < 4.78 is 1.52. The molecule has 46 heavy (non-hydrogen) atoms. The third-order valence-electron chi connectivity index (χ3n) is 8.43. The number of aromatic amines is 1. The number of carbonyl (C=O) groups is 1. The van der Waals surface area contributed by atoms with Crippen LogP contribution in [0.2, 0.25) is 0 Å². The third-order valence-corrected chi connectivity index (χ3v) is 8.43. The number of nitrogens with one attached hydrogen (secondary N) is 2. The van der Waals surface area contributed by atoms with E-state index in [0.717, 1.165) is 48.2 Å². The van der Waals surface area contributed by atoms with Gasteiger partial charge in [0.1, 0.15) is 11.8 Å². The van der Waals surface area contributed by atoms with Gasteiger partial charge in [0, 0.05) is 43.4 Å². The van der Waals surface area contributed by atoms with Crippen LogP contribution in [0, 0.1) is 18.3 Å². The zero-order chi connectivity index (χ0) is 32.0. The van der Waals surface area contributed by atoms with E-state index in [1.54, 1.807) is 25.5 Å². The van der Waals surface area contributed by atoms with Crippen molar-refractivity contribution in [2.45, 2.75) is 57.5 Å². The van der Waals surface area contributed by atoms with Crippen LogP contribution in [-0.2, 0) is 18.3 Å². The molecule has 4 aromatic heterocycles. The summed E-state index contributed by atoms with van der Waals surface area (Å²) in [4.78, 5) is 41.6. The van der Waals surface area contributed by atoms with Crippen molar-refractivity contribution < 1.29 is 4.79 Å². The molecule has 1 aliphatic rings. The highest BCUT2D eigenvalue weighted by atomic mass is 16.2. The number of benzene rings is 1. The fourth-order valence-corrected chi connectivity index (χ4v) is 5.92.